The van der Waals surface area contributed by atoms with Crippen LogP contribution in [0.5, 0.6) is 0 Å². The molecule has 28 heavy (non-hydrogen) atoms. The minimum Gasteiger partial charge on any atom is -0.361 e. The fraction of sp³-hybridized carbons (Fsp3) is 0.316. The van der Waals surface area contributed by atoms with Gasteiger partial charge in [0.15, 0.2) is 11.5 Å². The summed E-state index contributed by atoms with van der Waals surface area (Å²) in [5.74, 6) is 0.951. The summed E-state index contributed by atoms with van der Waals surface area (Å²) in [7, 11) is 0. The molecule has 4 aromatic rings. The van der Waals surface area contributed by atoms with Gasteiger partial charge in [0.1, 0.15) is 0 Å². The number of benzene rings is 1. The van der Waals surface area contributed by atoms with Crippen LogP contribution in [0.1, 0.15) is 35.1 Å². The predicted octanol–water partition coefficient (Wildman–Crippen LogP) is 2.60. The number of carbonyl (C=O) groups is 1. The standard InChI is InChI=1S/C19H19N7O2/c1-12-21-18(28-23-12)17-11-26(24-22-17)13-4-3-9-25(10-13)19(27)15-5-2-6-16-14(15)7-8-20-16/h2,5-8,11,13,20H,3-4,9-10H2,1H3. The number of carbonyl (C=O) groups excluding carboxylic acids is 1. The molecule has 0 aliphatic carbocycles. The molecule has 1 atom stereocenters. The van der Waals surface area contributed by atoms with E-state index in [1.807, 2.05) is 35.4 Å². The van der Waals surface area contributed by atoms with E-state index in [4.69, 9.17) is 4.52 Å². The van der Waals surface area contributed by atoms with Crippen LogP contribution in [0, 0.1) is 6.92 Å². The molecule has 1 aromatic carbocycles. The number of amides is 1. The number of piperidine rings is 1. The zero-order valence-electron chi connectivity index (χ0n) is 15.4. The Bertz CT molecular complexity index is 1140. The lowest BCUT2D eigenvalue weighted by Crippen LogP contribution is -2.40. The van der Waals surface area contributed by atoms with E-state index in [9.17, 15) is 4.79 Å². The van der Waals surface area contributed by atoms with Gasteiger partial charge in [-0.1, -0.05) is 16.4 Å². The molecule has 4 heterocycles. The maximum absolute atomic E-state index is 13.2. The predicted molar refractivity (Wildman–Crippen MR) is 101 cm³/mol. The molecule has 1 N–H and O–H groups in total. The van der Waals surface area contributed by atoms with Gasteiger partial charge in [-0.05, 0) is 38.0 Å². The molecule has 0 bridgehead atoms. The van der Waals surface area contributed by atoms with Crippen molar-refractivity contribution in [3.63, 3.8) is 0 Å². The van der Waals surface area contributed by atoms with Gasteiger partial charge in [-0.25, -0.2) is 4.68 Å². The molecule has 1 fully saturated rings. The Morgan fingerprint density at radius 3 is 3.11 bits per heavy atom. The van der Waals surface area contributed by atoms with E-state index in [1.54, 1.807) is 17.8 Å². The molecule has 9 nitrogen and oxygen atoms in total. The van der Waals surface area contributed by atoms with Crippen LogP contribution in [0.3, 0.4) is 0 Å². The summed E-state index contributed by atoms with van der Waals surface area (Å²) in [6.45, 7) is 3.08. The number of nitrogens with one attached hydrogen (secondary N) is 1. The molecule has 1 saturated heterocycles. The first-order valence-electron chi connectivity index (χ1n) is 9.27. The van der Waals surface area contributed by atoms with Gasteiger partial charge in [0.05, 0.1) is 12.2 Å². The number of H-pyrrole nitrogens is 1. The molecule has 1 aliphatic heterocycles. The summed E-state index contributed by atoms with van der Waals surface area (Å²) >= 11 is 0. The van der Waals surface area contributed by atoms with E-state index in [-0.39, 0.29) is 11.9 Å². The minimum atomic E-state index is 0.0442. The lowest BCUT2D eigenvalue weighted by molar-refractivity contribution is 0.0674. The maximum atomic E-state index is 13.2. The summed E-state index contributed by atoms with van der Waals surface area (Å²) in [6, 6.07) is 7.77. The normalized spacial score (nSPS) is 17.3. The number of fused-ring (bicyclic) bond motifs is 1. The average molecular weight is 377 g/mol. The van der Waals surface area contributed by atoms with Gasteiger partial charge >= 0.3 is 0 Å². The number of hydrogen-bond donors (Lipinski definition) is 1. The summed E-state index contributed by atoms with van der Waals surface area (Å²) in [4.78, 5) is 22.4. The van der Waals surface area contributed by atoms with Crippen molar-refractivity contribution >= 4 is 16.8 Å². The highest BCUT2D eigenvalue weighted by atomic mass is 16.5. The van der Waals surface area contributed by atoms with Gasteiger partial charge in [-0.3, -0.25) is 4.79 Å². The van der Waals surface area contributed by atoms with Crippen molar-refractivity contribution < 1.29 is 9.32 Å². The number of aryl methyl sites for hydroxylation is 1. The molecular weight excluding hydrogens is 358 g/mol. The van der Waals surface area contributed by atoms with Crippen molar-refractivity contribution in [2.24, 2.45) is 0 Å². The zero-order valence-corrected chi connectivity index (χ0v) is 15.4. The lowest BCUT2D eigenvalue weighted by atomic mass is 10.0. The molecule has 0 radical (unpaired) electrons. The molecule has 142 valence electrons. The fourth-order valence-corrected chi connectivity index (χ4v) is 3.75. The van der Waals surface area contributed by atoms with Gasteiger partial charge < -0.3 is 14.4 Å². The molecule has 3 aromatic heterocycles. The van der Waals surface area contributed by atoms with Crippen molar-refractivity contribution in [1.29, 1.82) is 0 Å². The molecule has 0 saturated carbocycles. The van der Waals surface area contributed by atoms with Crippen LogP contribution in [0.2, 0.25) is 0 Å². The minimum absolute atomic E-state index is 0.0442. The molecule has 0 spiro atoms. The number of hydrogen-bond acceptors (Lipinski definition) is 6. The Kier molecular flexibility index (Phi) is 3.92. The van der Waals surface area contributed by atoms with Crippen LogP contribution in [0.4, 0.5) is 0 Å². The maximum Gasteiger partial charge on any atom is 0.280 e. The summed E-state index contributed by atoms with van der Waals surface area (Å²) in [5, 5.41) is 13.1. The van der Waals surface area contributed by atoms with E-state index in [0.717, 1.165) is 35.9 Å². The first kappa shape index (κ1) is 16.7. The van der Waals surface area contributed by atoms with Crippen molar-refractivity contribution in [3.05, 3.63) is 48.0 Å². The third-order valence-electron chi connectivity index (χ3n) is 5.14. The Labute approximate surface area is 160 Å². The summed E-state index contributed by atoms with van der Waals surface area (Å²) in [6.07, 6.45) is 5.51. The molecule has 9 heteroatoms. The van der Waals surface area contributed by atoms with Gasteiger partial charge in [0, 0.05) is 35.8 Å². The highest BCUT2D eigenvalue weighted by Crippen LogP contribution is 2.26. The van der Waals surface area contributed by atoms with E-state index in [0.29, 0.717) is 24.0 Å². The topological polar surface area (TPSA) is 106 Å². The van der Waals surface area contributed by atoms with Crippen LogP contribution >= 0.6 is 0 Å². The largest absolute Gasteiger partial charge is 0.361 e. The molecule has 5 rings (SSSR count). The van der Waals surface area contributed by atoms with E-state index < -0.39 is 0 Å². The second-order valence-corrected chi connectivity index (χ2v) is 7.02. The number of nitrogens with zero attached hydrogens (tertiary/aromatic N) is 6. The first-order valence-corrected chi connectivity index (χ1v) is 9.27. The first-order chi connectivity index (χ1) is 13.7. The highest BCUT2D eigenvalue weighted by molar-refractivity contribution is 6.06. The highest BCUT2D eigenvalue weighted by Gasteiger charge is 2.27. The van der Waals surface area contributed by atoms with Gasteiger partial charge in [-0.2, -0.15) is 4.98 Å². The smallest absolute Gasteiger partial charge is 0.280 e. The average Bonchev–Trinajstić information content (AvgIpc) is 3.47. The van der Waals surface area contributed by atoms with Crippen LogP contribution in [0.25, 0.3) is 22.5 Å². The Morgan fingerprint density at radius 1 is 1.32 bits per heavy atom. The van der Waals surface area contributed by atoms with Crippen molar-refractivity contribution in [2.45, 2.75) is 25.8 Å². The number of aromatic nitrogens is 6. The lowest BCUT2D eigenvalue weighted by Gasteiger charge is -2.32. The fourth-order valence-electron chi connectivity index (χ4n) is 3.75. The van der Waals surface area contributed by atoms with Crippen LogP contribution in [0.15, 0.2) is 41.2 Å². The summed E-state index contributed by atoms with van der Waals surface area (Å²) < 4.78 is 6.95. The SMILES string of the molecule is Cc1noc(-c2cn(C3CCCN(C(=O)c4cccc5[nH]ccc45)C3)nn2)n1. The van der Waals surface area contributed by atoms with E-state index in [2.05, 4.69) is 25.4 Å². The molecule has 1 unspecified atom stereocenters. The van der Waals surface area contributed by atoms with Crippen LogP contribution in [-0.2, 0) is 0 Å². The third-order valence-corrected chi connectivity index (χ3v) is 5.14. The molecule has 1 amide bonds. The monoisotopic (exact) mass is 377 g/mol. The number of likely N-dealkylation sites (tertiary alicyclic amines) is 1. The van der Waals surface area contributed by atoms with Crippen molar-refractivity contribution in [1.82, 2.24) is 35.0 Å². The van der Waals surface area contributed by atoms with Crippen LogP contribution in [-0.4, -0.2) is 54.0 Å². The van der Waals surface area contributed by atoms with E-state index >= 15 is 0 Å². The second kappa shape index (κ2) is 6.59. The van der Waals surface area contributed by atoms with Crippen LogP contribution < -0.4 is 0 Å². The van der Waals surface area contributed by atoms with Gasteiger partial charge in [0.25, 0.3) is 11.8 Å². The van der Waals surface area contributed by atoms with Crippen molar-refractivity contribution in [2.75, 3.05) is 13.1 Å². The molecule has 1 aliphatic rings. The Balaban J connectivity index is 1.37. The number of aromatic amines is 1. The zero-order chi connectivity index (χ0) is 19.1. The number of rotatable bonds is 3. The second-order valence-electron chi connectivity index (χ2n) is 7.02. The Hall–Kier alpha value is -3.49. The van der Waals surface area contributed by atoms with Gasteiger partial charge in [-0.15, -0.1) is 5.10 Å². The molecular formula is C19H19N7O2. The van der Waals surface area contributed by atoms with Crippen molar-refractivity contribution in [3.8, 4) is 11.6 Å². The van der Waals surface area contributed by atoms with Gasteiger partial charge in [0.2, 0.25) is 0 Å². The summed E-state index contributed by atoms with van der Waals surface area (Å²) in [5.41, 5.74) is 2.23. The third kappa shape index (κ3) is 2.84. The van der Waals surface area contributed by atoms with E-state index in [1.165, 1.54) is 0 Å². The Morgan fingerprint density at radius 2 is 2.25 bits per heavy atom. The quantitative estimate of drug-likeness (QED) is 0.588.